The predicted molar refractivity (Wildman–Crippen MR) is 82.6 cm³/mol. The quantitative estimate of drug-likeness (QED) is 0.781. The summed E-state index contributed by atoms with van der Waals surface area (Å²) in [6, 6.07) is 17.4. The van der Waals surface area contributed by atoms with Crippen LogP contribution >= 0.6 is 0 Å². The molecule has 0 fully saturated rings. The van der Waals surface area contributed by atoms with Crippen LogP contribution in [-0.2, 0) is 6.54 Å². The minimum atomic E-state index is -0.556. The Morgan fingerprint density at radius 1 is 1.05 bits per heavy atom. The van der Waals surface area contributed by atoms with Crippen molar-refractivity contribution in [1.29, 1.82) is 0 Å². The summed E-state index contributed by atoms with van der Waals surface area (Å²) in [7, 11) is 1.61. The fourth-order valence-electron chi connectivity index (χ4n) is 1.92. The largest absolute Gasteiger partial charge is 0.497 e. The molecule has 2 aromatic carbocycles. The van der Waals surface area contributed by atoms with Gasteiger partial charge in [0.25, 0.3) is 0 Å². The van der Waals surface area contributed by atoms with Crippen LogP contribution in [0.15, 0.2) is 54.6 Å². The van der Waals surface area contributed by atoms with E-state index in [-0.39, 0.29) is 6.61 Å². The molecule has 0 saturated carbocycles. The third kappa shape index (κ3) is 5.45. The summed E-state index contributed by atoms with van der Waals surface area (Å²) in [5.41, 5.74) is 1.19. The monoisotopic (exact) mass is 287 g/mol. The van der Waals surface area contributed by atoms with Gasteiger partial charge in [-0.2, -0.15) is 0 Å². The van der Waals surface area contributed by atoms with Gasteiger partial charge in [-0.15, -0.1) is 0 Å². The van der Waals surface area contributed by atoms with Gasteiger partial charge >= 0.3 is 0 Å². The highest BCUT2D eigenvalue weighted by Crippen LogP contribution is 2.18. The Morgan fingerprint density at radius 3 is 2.57 bits per heavy atom. The van der Waals surface area contributed by atoms with Gasteiger partial charge in [0.05, 0.1) is 7.11 Å². The molecule has 21 heavy (non-hydrogen) atoms. The molecule has 0 aliphatic carbocycles. The lowest BCUT2D eigenvalue weighted by Gasteiger charge is -2.13. The lowest BCUT2D eigenvalue weighted by molar-refractivity contribution is 0.106. The molecule has 0 heterocycles. The molecule has 0 aliphatic heterocycles. The molecule has 0 spiro atoms. The number of nitrogens with one attached hydrogen (secondary N) is 1. The fourth-order valence-corrected chi connectivity index (χ4v) is 1.92. The molecule has 0 aromatic heterocycles. The van der Waals surface area contributed by atoms with E-state index in [2.05, 4.69) is 5.32 Å². The van der Waals surface area contributed by atoms with E-state index in [4.69, 9.17) is 9.47 Å². The maximum absolute atomic E-state index is 9.90. The van der Waals surface area contributed by atoms with E-state index in [0.29, 0.717) is 12.3 Å². The maximum atomic E-state index is 9.90. The van der Waals surface area contributed by atoms with Crippen LogP contribution in [0.3, 0.4) is 0 Å². The zero-order valence-electron chi connectivity index (χ0n) is 12.2. The van der Waals surface area contributed by atoms with Gasteiger partial charge < -0.3 is 19.9 Å². The number of ether oxygens (including phenoxy) is 2. The van der Waals surface area contributed by atoms with Crippen molar-refractivity contribution in [3.63, 3.8) is 0 Å². The van der Waals surface area contributed by atoms with E-state index in [9.17, 15) is 5.11 Å². The van der Waals surface area contributed by atoms with E-state index >= 15 is 0 Å². The number of hydrogen-bond acceptors (Lipinski definition) is 4. The second kappa shape index (κ2) is 8.29. The van der Waals surface area contributed by atoms with Gasteiger partial charge in [0.2, 0.25) is 0 Å². The smallest absolute Gasteiger partial charge is 0.123 e. The summed E-state index contributed by atoms with van der Waals surface area (Å²) in [6.07, 6.45) is -0.556. The fraction of sp³-hybridized carbons (Fsp3) is 0.294. The van der Waals surface area contributed by atoms with Gasteiger partial charge in [0.15, 0.2) is 0 Å². The topological polar surface area (TPSA) is 50.7 Å². The normalized spacial score (nSPS) is 11.9. The van der Waals surface area contributed by atoms with Crippen molar-refractivity contribution in [2.75, 3.05) is 20.3 Å². The summed E-state index contributed by atoms with van der Waals surface area (Å²) in [6.45, 7) is 1.46. The second-order valence-electron chi connectivity index (χ2n) is 4.76. The molecular weight excluding hydrogens is 266 g/mol. The van der Waals surface area contributed by atoms with Crippen LogP contribution in [0.1, 0.15) is 5.56 Å². The van der Waals surface area contributed by atoms with Gasteiger partial charge in [-0.3, -0.25) is 0 Å². The van der Waals surface area contributed by atoms with Crippen LogP contribution < -0.4 is 14.8 Å². The Morgan fingerprint density at radius 2 is 1.81 bits per heavy atom. The lowest BCUT2D eigenvalue weighted by atomic mass is 10.2. The SMILES string of the molecule is COc1cccc(OC[C@H](O)CNCc2ccccc2)c1. The molecule has 4 nitrogen and oxygen atoms in total. The van der Waals surface area contributed by atoms with Crippen molar-refractivity contribution in [3.8, 4) is 11.5 Å². The molecule has 0 amide bonds. The summed E-state index contributed by atoms with van der Waals surface area (Å²) in [5, 5.41) is 13.1. The van der Waals surface area contributed by atoms with Crippen molar-refractivity contribution >= 4 is 0 Å². The molecule has 0 radical (unpaired) electrons. The first-order chi connectivity index (χ1) is 10.3. The molecule has 1 atom stereocenters. The molecular formula is C17H21NO3. The Balaban J connectivity index is 1.68. The van der Waals surface area contributed by atoms with E-state index in [1.165, 1.54) is 5.56 Å². The Labute approximate surface area is 125 Å². The van der Waals surface area contributed by atoms with E-state index < -0.39 is 6.10 Å². The van der Waals surface area contributed by atoms with Gasteiger partial charge in [-0.25, -0.2) is 0 Å². The highest BCUT2D eigenvalue weighted by atomic mass is 16.5. The van der Waals surface area contributed by atoms with E-state index in [1.807, 2.05) is 48.5 Å². The van der Waals surface area contributed by atoms with Crippen molar-refractivity contribution in [2.24, 2.45) is 0 Å². The third-order valence-electron chi connectivity index (χ3n) is 3.04. The summed E-state index contributed by atoms with van der Waals surface area (Å²) < 4.78 is 10.7. The Kier molecular flexibility index (Phi) is 6.06. The van der Waals surface area contributed by atoms with Crippen LogP contribution in [0, 0.1) is 0 Å². The Hall–Kier alpha value is -2.04. The van der Waals surface area contributed by atoms with Crippen LogP contribution in [-0.4, -0.2) is 31.5 Å². The molecule has 112 valence electrons. The summed E-state index contributed by atoms with van der Waals surface area (Å²) in [4.78, 5) is 0. The van der Waals surface area contributed by atoms with Crippen molar-refractivity contribution in [2.45, 2.75) is 12.6 Å². The predicted octanol–water partition coefficient (Wildman–Crippen LogP) is 2.22. The van der Waals surface area contributed by atoms with Crippen molar-refractivity contribution < 1.29 is 14.6 Å². The van der Waals surface area contributed by atoms with Crippen LogP contribution in [0.5, 0.6) is 11.5 Å². The molecule has 2 N–H and O–H groups in total. The number of benzene rings is 2. The average molecular weight is 287 g/mol. The van der Waals surface area contributed by atoms with Gasteiger partial charge in [0.1, 0.15) is 24.2 Å². The van der Waals surface area contributed by atoms with Crippen molar-refractivity contribution in [3.05, 3.63) is 60.2 Å². The van der Waals surface area contributed by atoms with Gasteiger partial charge in [0, 0.05) is 19.2 Å². The molecule has 2 aromatic rings. The highest BCUT2D eigenvalue weighted by molar-refractivity contribution is 5.32. The van der Waals surface area contributed by atoms with E-state index in [1.54, 1.807) is 13.2 Å². The molecule has 4 heteroatoms. The van der Waals surface area contributed by atoms with Crippen molar-refractivity contribution in [1.82, 2.24) is 5.32 Å². The summed E-state index contributed by atoms with van der Waals surface area (Å²) in [5.74, 6) is 1.43. The molecule has 0 saturated heterocycles. The number of hydrogen-bond donors (Lipinski definition) is 2. The van der Waals surface area contributed by atoms with E-state index in [0.717, 1.165) is 12.3 Å². The average Bonchev–Trinajstić information content (AvgIpc) is 2.54. The number of methoxy groups -OCH3 is 1. The first-order valence-corrected chi connectivity index (χ1v) is 6.97. The first-order valence-electron chi connectivity index (χ1n) is 6.97. The van der Waals surface area contributed by atoms with Crippen LogP contribution in [0.25, 0.3) is 0 Å². The zero-order valence-corrected chi connectivity index (χ0v) is 12.2. The standard InChI is InChI=1S/C17H21NO3/c1-20-16-8-5-9-17(10-16)21-13-15(19)12-18-11-14-6-3-2-4-7-14/h2-10,15,18-19H,11-13H2,1H3/t15-/m1/s1. The highest BCUT2D eigenvalue weighted by Gasteiger charge is 2.05. The molecule has 0 bridgehead atoms. The minimum Gasteiger partial charge on any atom is -0.497 e. The number of aliphatic hydroxyl groups is 1. The lowest BCUT2D eigenvalue weighted by Crippen LogP contribution is -2.31. The van der Waals surface area contributed by atoms with Crippen LogP contribution in [0.2, 0.25) is 0 Å². The van der Waals surface area contributed by atoms with Crippen LogP contribution in [0.4, 0.5) is 0 Å². The Bertz CT molecular complexity index is 531. The maximum Gasteiger partial charge on any atom is 0.123 e. The number of aliphatic hydroxyl groups excluding tert-OH is 1. The zero-order chi connectivity index (χ0) is 14.9. The number of rotatable bonds is 8. The van der Waals surface area contributed by atoms with Gasteiger partial charge in [-0.1, -0.05) is 36.4 Å². The second-order valence-corrected chi connectivity index (χ2v) is 4.76. The molecule has 2 rings (SSSR count). The van der Waals surface area contributed by atoms with Gasteiger partial charge in [-0.05, 0) is 17.7 Å². The minimum absolute atomic E-state index is 0.245. The summed E-state index contributed by atoms with van der Waals surface area (Å²) >= 11 is 0. The molecule has 0 aliphatic rings. The first kappa shape index (κ1) is 15.4. The molecule has 0 unspecified atom stereocenters. The third-order valence-corrected chi connectivity index (χ3v) is 3.04.